The van der Waals surface area contributed by atoms with E-state index in [4.69, 9.17) is 5.73 Å². The summed E-state index contributed by atoms with van der Waals surface area (Å²) in [6.07, 6.45) is 6.92. The van der Waals surface area contributed by atoms with Crippen LogP contribution in [0.1, 0.15) is 18.9 Å². The van der Waals surface area contributed by atoms with Crippen LogP contribution in [0.25, 0.3) is 0 Å². The van der Waals surface area contributed by atoms with Crippen molar-refractivity contribution in [2.24, 2.45) is 12.8 Å². The Morgan fingerprint density at radius 1 is 1.33 bits per heavy atom. The van der Waals surface area contributed by atoms with Gasteiger partial charge in [0.1, 0.15) is 6.33 Å². The van der Waals surface area contributed by atoms with E-state index in [0.29, 0.717) is 5.16 Å². The van der Waals surface area contributed by atoms with Crippen molar-refractivity contribution < 1.29 is 0 Å². The fourth-order valence-electron chi connectivity index (χ4n) is 1.41. The van der Waals surface area contributed by atoms with Crippen LogP contribution in [0.3, 0.4) is 0 Å². The minimum atomic E-state index is 0.172. The van der Waals surface area contributed by atoms with Crippen LogP contribution in [0, 0.1) is 0 Å². The Labute approximate surface area is 110 Å². The number of rotatable bonds is 5. The van der Waals surface area contributed by atoms with E-state index in [1.807, 2.05) is 19.4 Å². The Morgan fingerprint density at radius 2 is 2.06 bits per heavy atom. The molecule has 0 radical (unpaired) electrons. The van der Waals surface area contributed by atoms with Crippen molar-refractivity contribution in [2.75, 3.05) is 0 Å². The molecule has 0 aromatic carbocycles. The molecule has 0 saturated carbocycles. The first-order valence-electron chi connectivity index (χ1n) is 5.77. The molecule has 96 valence electrons. The molecule has 1 unspecified atom stereocenters. The zero-order valence-corrected chi connectivity index (χ0v) is 11.3. The van der Waals surface area contributed by atoms with E-state index < -0.39 is 0 Å². The first-order valence-corrected chi connectivity index (χ1v) is 6.59. The smallest absolute Gasteiger partial charge is 0.195 e. The second kappa shape index (κ2) is 5.92. The third-order valence-electron chi connectivity index (χ3n) is 2.56. The van der Waals surface area contributed by atoms with Crippen molar-refractivity contribution in [3.8, 4) is 0 Å². The maximum Gasteiger partial charge on any atom is 0.195 e. The molecule has 2 aromatic rings. The molecule has 18 heavy (non-hydrogen) atoms. The zero-order valence-electron chi connectivity index (χ0n) is 10.4. The third-order valence-corrected chi connectivity index (χ3v) is 3.50. The number of hydrogen-bond donors (Lipinski definition) is 1. The van der Waals surface area contributed by atoms with Crippen molar-refractivity contribution in [1.29, 1.82) is 0 Å². The van der Waals surface area contributed by atoms with E-state index in [0.717, 1.165) is 23.6 Å². The molecule has 0 spiro atoms. The lowest BCUT2D eigenvalue weighted by atomic mass is 10.1. The normalized spacial score (nSPS) is 12.6. The highest BCUT2D eigenvalue weighted by atomic mass is 32.2. The van der Waals surface area contributed by atoms with E-state index >= 15 is 0 Å². The molecule has 2 heterocycles. The lowest BCUT2D eigenvalue weighted by Crippen LogP contribution is -2.21. The summed E-state index contributed by atoms with van der Waals surface area (Å²) in [7, 11) is 1.84. The molecule has 0 bridgehead atoms. The number of hydrogen-bond acceptors (Lipinski definition) is 6. The highest BCUT2D eigenvalue weighted by molar-refractivity contribution is 7.99. The van der Waals surface area contributed by atoms with Gasteiger partial charge in [0.05, 0.1) is 0 Å². The van der Waals surface area contributed by atoms with Crippen LogP contribution in [0.15, 0.2) is 29.0 Å². The monoisotopic (exact) mass is 264 g/mol. The van der Waals surface area contributed by atoms with Crippen molar-refractivity contribution in [1.82, 2.24) is 24.7 Å². The molecule has 2 aromatic heterocycles. The van der Waals surface area contributed by atoms with Crippen molar-refractivity contribution in [3.63, 3.8) is 0 Å². The van der Waals surface area contributed by atoms with Gasteiger partial charge in [0.25, 0.3) is 0 Å². The maximum absolute atomic E-state index is 5.89. The number of aromatic nitrogens is 5. The Bertz CT molecular complexity index is 494. The summed E-state index contributed by atoms with van der Waals surface area (Å²) >= 11 is 1.39. The van der Waals surface area contributed by atoms with Crippen molar-refractivity contribution >= 4 is 11.8 Å². The molecule has 0 aliphatic rings. The van der Waals surface area contributed by atoms with Gasteiger partial charge in [0, 0.05) is 25.5 Å². The summed E-state index contributed by atoms with van der Waals surface area (Å²) in [5.74, 6) is 0. The third kappa shape index (κ3) is 3.27. The van der Waals surface area contributed by atoms with E-state index in [1.165, 1.54) is 18.1 Å². The Balaban J connectivity index is 2.02. The number of aryl methyl sites for hydroxylation is 1. The van der Waals surface area contributed by atoms with Crippen LogP contribution in [0.2, 0.25) is 0 Å². The SMILES string of the molecule is CCC(N)Cc1cnc(Sc2ncnn2C)nc1. The lowest BCUT2D eigenvalue weighted by molar-refractivity contribution is 0.641. The fourth-order valence-corrected chi connectivity index (χ4v) is 2.06. The van der Waals surface area contributed by atoms with E-state index in [1.54, 1.807) is 4.68 Å². The fraction of sp³-hybridized carbons (Fsp3) is 0.455. The van der Waals surface area contributed by atoms with Gasteiger partial charge >= 0.3 is 0 Å². The molecular formula is C11H16N6S. The van der Waals surface area contributed by atoms with Gasteiger partial charge in [-0.2, -0.15) is 5.10 Å². The average molecular weight is 264 g/mol. The van der Waals surface area contributed by atoms with Gasteiger partial charge < -0.3 is 5.73 Å². The molecule has 0 aliphatic heterocycles. The van der Waals surface area contributed by atoms with Gasteiger partial charge in [-0.15, -0.1) is 0 Å². The first kappa shape index (κ1) is 13.0. The molecule has 6 nitrogen and oxygen atoms in total. The molecule has 0 saturated heterocycles. The molecule has 0 amide bonds. The number of nitrogens with zero attached hydrogens (tertiary/aromatic N) is 5. The molecule has 0 fully saturated rings. The average Bonchev–Trinajstić information content (AvgIpc) is 2.77. The highest BCUT2D eigenvalue weighted by Gasteiger charge is 2.07. The van der Waals surface area contributed by atoms with Crippen LogP contribution >= 0.6 is 11.8 Å². The van der Waals surface area contributed by atoms with Gasteiger partial charge in [0.2, 0.25) is 0 Å². The van der Waals surface area contributed by atoms with Crippen LogP contribution in [-0.2, 0) is 13.5 Å². The van der Waals surface area contributed by atoms with E-state index in [9.17, 15) is 0 Å². The van der Waals surface area contributed by atoms with Gasteiger partial charge in [-0.3, -0.25) is 0 Å². The quantitative estimate of drug-likeness (QED) is 0.812. The molecule has 7 heteroatoms. The summed E-state index contributed by atoms with van der Waals surface area (Å²) < 4.78 is 1.69. The van der Waals surface area contributed by atoms with Gasteiger partial charge in [-0.25, -0.2) is 19.6 Å². The van der Waals surface area contributed by atoms with Crippen molar-refractivity contribution in [2.45, 2.75) is 36.1 Å². The molecule has 2 rings (SSSR count). The standard InChI is InChI=1S/C11H16N6S/c1-3-9(12)4-8-5-13-10(14-6-8)18-11-15-7-16-17(11)2/h5-7,9H,3-4,12H2,1-2H3. The van der Waals surface area contributed by atoms with Gasteiger partial charge in [-0.05, 0) is 30.2 Å². The van der Waals surface area contributed by atoms with E-state index in [-0.39, 0.29) is 6.04 Å². The second-order valence-corrected chi connectivity index (χ2v) is 4.95. The van der Waals surface area contributed by atoms with Crippen LogP contribution < -0.4 is 5.73 Å². The second-order valence-electron chi connectivity index (χ2n) is 4.01. The summed E-state index contributed by atoms with van der Waals surface area (Å²) in [6, 6.07) is 0.172. The molecule has 0 aliphatic carbocycles. The van der Waals surface area contributed by atoms with Crippen LogP contribution in [0.4, 0.5) is 0 Å². The minimum Gasteiger partial charge on any atom is -0.327 e. The van der Waals surface area contributed by atoms with Gasteiger partial charge in [-0.1, -0.05) is 6.92 Å². The summed E-state index contributed by atoms with van der Waals surface area (Å²) in [4.78, 5) is 12.7. The molecule has 2 N–H and O–H groups in total. The Morgan fingerprint density at radius 3 is 2.61 bits per heavy atom. The van der Waals surface area contributed by atoms with Crippen LogP contribution in [0.5, 0.6) is 0 Å². The lowest BCUT2D eigenvalue weighted by Gasteiger charge is -2.07. The Kier molecular flexibility index (Phi) is 4.27. The Hall–Kier alpha value is -1.47. The maximum atomic E-state index is 5.89. The predicted octanol–water partition coefficient (Wildman–Crippen LogP) is 1.04. The van der Waals surface area contributed by atoms with Crippen molar-refractivity contribution in [3.05, 3.63) is 24.3 Å². The minimum absolute atomic E-state index is 0.172. The highest BCUT2D eigenvalue weighted by Crippen LogP contribution is 2.20. The summed E-state index contributed by atoms with van der Waals surface area (Å²) in [5, 5.41) is 5.43. The van der Waals surface area contributed by atoms with Gasteiger partial charge in [0.15, 0.2) is 10.3 Å². The largest absolute Gasteiger partial charge is 0.327 e. The summed E-state index contributed by atoms with van der Waals surface area (Å²) in [5.41, 5.74) is 6.95. The predicted molar refractivity (Wildman–Crippen MR) is 69.1 cm³/mol. The summed E-state index contributed by atoms with van der Waals surface area (Å²) in [6.45, 7) is 2.07. The van der Waals surface area contributed by atoms with E-state index in [2.05, 4.69) is 27.0 Å². The molecule has 1 atom stereocenters. The van der Waals surface area contributed by atoms with Crippen LogP contribution in [-0.4, -0.2) is 30.8 Å². The zero-order chi connectivity index (χ0) is 13.0. The molecular weight excluding hydrogens is 248 g/mol. The first-order chi connectivity index (χ1) is 8.69. The topological polar surface area (TPSA) is 82.5 Å². The number of nitrogens with two attached hydrogens (primary N) is 1.